The Labute approximate surface area is 198 Å². The maximum atomic E-state index is 12.3. The summed E-state index contributed by atoms with van der Waals surface area (Å²) in [5.41, 5.74) is 4.55. The second-order valence-corrected chi connectivity index (χ2v) is 8.88. The summed E-state index contributed by atoms with van der Waals surface area (Å²) in [4.78, 5) is 26.0. The van der Waals surface area contributed by atoms with Crippen LogP contribution < -0.4 is 10.6 Å². The van der Waals surface area contributed by atoms with E-state index in [4.69, 9.17) is 4.98 Å². The van der Waals surface area contributed by atoms with E-state index in [9.17, 15) is 4.79 Å². The quantitative estimate of drug-likeness (QED) is 0.431. The molecule has 4 aromatic rings. The van der Waals surface area contributed by atoms with Crippen LogP contribution in [0.3, 0.4) is 0 Å². The number of fused-ring (bicyclic) bond motifs is 1. The van der Waals surface area contributed by atoms with Crippen molar-refractivity contribution in [1.82, 2.24) is 24.7 Å². The van der Waals surface area contributed by atoms with Gasteiger partial charge in [-0.1, -0.05) is 32.0 Å². The van der Waals surface area contributed by atoms with Crippen LogP contribution in [0.5, 0.6) is 0 Å². The van der Waals surface area contributed by atoms with Gasteiger partial charge in [0.15, 0.2) is 11.5 Å². The van der Waals surface area contributed by atoms with Crippen molar-refractivity contribution < 1.29 is 4.79 Å². The fourth-order valence-corrected chi connectivity index (χ4v) is 3.54. The van der Waals surface area contributed by atoms with Gasteiger partial charge in [-0.25, -0.2) is 15.0 Å². The Hall–Kier alpha value is -4.18. The number of rotatable bonds is 6. The molecule has 0 aliphatic heterocycles. The minimum absolute atomic E-state index is 0.0244. The van der Waals surface area contributed by atoms with Gasteiger partial charge in [0.05, 0.1) is 11.9 Å². The lowest BCUT2D eigenvalue weighted by Gasteiger charge is -2.11. The van der Waals surface area contributed by atoms with Crippen LogP contribution in [-0.2, 0) is 0 Å². The van der Waals surface area contributed by atoms with Crippen LogP contribution in [0, 0.1) is 17.8 Å². The van der Waals surface area contributed by atoms with Crippen LogP contribution >= 0.6 is 0 Å². The summed E-state index contributed by atoms with van der Waals surface area (Å²) in [7, 11) is 0. The molecule has 0 bridgehead atoms. The molecule has 7 heteroatoms. The van der Waals surface area contributed by atoms with E-state index < -0.39 is 0 Å². The summed E-state index contributed by atoms with van der Waals surface area (Å²) in [6, 6.07) is 13.6. The van der Waals surface area contributed by atoms with Gasteiger partial charge >= 0.3 is 0 Å². The Morgan fingerprint density at radius 1 is 1.09 bits per heavy atom. The molecule has 5 rings (SSSR count). The molecule has 0 radical (unpaired) electrons. The Morgan fingerprint density at radius 3 is 2.59 bits per heavy atom. The standard InChI is InChI=1S/C27H26N6O/c1-18(2)15-29-25-26-30-16-24(19-6-8-20(9-7-19)27(34)32-22-11-12-22)33(26)17-23(31-25)13-10-21-5-3-4-14-28-21/h3-9,14,16-18,22H,11-12,15H2,1-2H3,(H,29,31)(H,32,34). The van der Waals surface area contributed by atoms with E-state index in [-0.39, 0.29) is 5.91 Å². The van der Waals surface area contributed by atoms with Gasteiger partial charge in [0.2, 0.25) is 0 Å². The SMILES string of the molecule is CC(C)CNc1nc(C#Cc2ccccn2)cn2c(-c3ccc(C(=O)NC4CC4)cc3)cnc12. The van der Waals surface area contributed by atoms with Crippen molar-refractivity contribution in [3.8, 4) is 23.1 Å². The molecule has 0 saturated heterocycles. The molecule has 0 atom stereocenters. The number of amides is 1. The van der Waals surface area contributed by atoms with E-state index >= 15 is 0 Å². The third kappa shape index (κ3) is 4.91. The van der Waals surface area contributed by atoms with E-state index in [0.717, 1.165) is 36.3 Å². The number of hydrogen-bond donors (Lipinski definition) is 2. The van der Waals surface area contributed by atoms with Crippen molar-refractivity contribution in [2.45, 2.75) is 32.7 Å². The number of nitrogens with one attached hydrogen (secondary N) is 2. The zero-order valence-corrected chi connectivity index (χ0v) is 19.2. The fraction of sp³-hybridized carbons (Fsp3) is 0.259. The van der Waals surface area contributed by atoms with Gasteiger partial charge in [-0.05, 0) is 54.9 Å². The summed E-state index contributed by atoms with van der Waals surface area (Å²) in [5.74, 6) is 7.33. The number of benzene rings is 1. The summed E-state index contributed by atoms with van der Waals surface area (Å²) in [6.45, 7) is 5.06. The molecule has 3 heterocycles. The molecule has 1 saturated carbocycles. The first-order valence-corrected chi connectivity index (χ1v) is 11.5. The van der Waals surface area contributed by atoms with Crippen molar-refractivity contribution >= 4 is 17.4 Å². The van der Waals surface area contributed by atoms with Crippen LogP contribution in [0.15, 0.2) is 61.1 Å². The molecule has 0 spiro atoms. The van der Waals surface area contributed by atoms with Gasteiger partial charge in [0.1, 0.15) is 11.4 Å². The molecule has 1 fully saturated rings. The second-order valence-electron chi connectivity index (χ2n) is 8.88. The number of aromatic nitrogens is 4. The average Bonchev–Trinajstić information content (AvgIpc) is 3.57. The normalized spacial score (nSPS) is 12.9. The number of pyridine rings is 1. The molecule has 3 aromatic heterocycles. The Kier molecular flexibility index (Phi) is 5.96. The van der Waals surface area contributed by atoms with Crippen molar-refractivity contribution in [2.75, 3.05) is 11.9 Å². The summed E-state index contributed by atoms with van der Waals surface area (Å²) in [6.07, 6.45) is 7.57. The van der Waals surface area contributed by atoms with Crippen molar-refractivity contribution in [1.29, 1.82) is 0 Å². The van der Waals surface area contributed by atoms with E-state index in [1.165, 1.54) is 0 Å². The van der Waals surface area contributed by atoms with Crippen molar-refractivity contribution in [2.24, 2.45) is 5.92 Å². The van der Waals surface area contributed by atoms with Gasteiger partial charge in [-0.2, -0.15) is 0 Å². The zero-order chi connectivity index (χ0) is 23.5. The largest absolute Gasteiger partial charge is 0.367 e. The van der Waals surface area contributed by atoms with E-state index in [1.807, 2.05) is 59.3 Å². The first-order valence-electron chi connectivity index (χ1n) is 11.5. The van der Waals surface area contributed by atoms with E-state index in [0.29, 0.717) is 34.7 Å². The van der Waals surface area contributed by atoms with Gasteiger partial charge in [0.25, 0.3) is 5.91 Å². The molecule has 2 N–H and O–H groups in total. The van der Waals surface area contributed by atoms with Crippen LogP contribution in [0.2, 0.25) is 0 Å². The predicted molar refractivity (Wildman–Crippen MR) is 132 cm³/mol. The monoisotopic (exact) mass is 450 g/mol. The van der Waals surface area contributed by atoms with Crippen LogP contribution in [0.25, 0.3) is 16.9 Å². The molecule has 0 unspecified atom stereocenters. The highest BCUT2D eigenvalue weighted by atomic mass is 16.1. The number of imidazole rings is 1. The average molecular weight is 451 g/mol. The first kappa shape index (κ1) is 21.7. The van der Waals surface area contributed by atoms with Crippen LogP contribution in [-0.4, -0.2) is 37.8 Å². The summed E-state index contributed by atoms with van der Waals surface area (Å²) >= 11 is 0. The maximum Gasteiger partial charge on any atom is 0.251 e. The number of hydrogen-bond acceptors (Lipinski definition) is 5. The molecule has 1 aliphatic carbocycles. The highest BCUT2D eigenvalue weighted by Crippen LogP contribution is 2.25. The molecule has 170 valence electrons. The van der Waals surface area contributed by atoms with E-state index in [1.54, 1.807) is 6.20 Å². The molecule has 1 aromatic carbocycles. The highest BCUT2D eigenvalue weighted by molar-refractivity contribution is 5.95. The second kappa shape index (κ2) is 9.36. The third-order valence-electron chi connectivity index (χ3n) is 5.51. The van der Waals surface area contributed by atoms with E-state index in [2.05, 4.69) is 46.3 Å². The van der Waals surface area contributed by atoms with Gasteiger partial charge in [-0.15, -0.1) is 0 Å². The third-order valence-corrected chi connectivity index (χ3v) is 5.51. The lowest BCUT2D eigenvalue weighted by Crippen LogP contribution is -2.25. The summed E-state index contributed by atoms with van der Waals surface area (Å²) in [5, 5.41) is 6.43. The van der Waals surface area contributed by atoms with Crippen LogP contribution in [0.1, 0.15) is 48.4 Å². The van der Waals surface area contributed by atoms with Crippen molar-refractivity contribution in [3.63, 3.8) is 0 Å². The minimum Gasteiger partial charge on any atom is -0.367 e. The smallest absolute Gasteiger partial charge is 0.251 e. The van der Waals surface area contributed by atoms with Crippen LogP contribution in [0.4, 0.5) is 5.82 Å². The fourth-order valence-electron chi connectivity index (χ4n) is 3.54. The lowest BCUT2D eigenvalue weighted by molar-refractivity contribution is 0.0951. The predicted octanol–water partition coefficient (Wildman–Crippen LogP) is 4.15. The lowest BCUT2D eigenvalue weighted by atomic mass is 10.1. The van der Waals surface area contributed by atoms with Gasteiger partial charge in [0, 0.05) is 36.1 Å². The Morgan fingerprint density at radius 2 is 1.88 bits per heavy atom. The number of carbonyl (C=O) groups excluding carboxylic acids is 1. The Bertz CT molecular complexity index is 1380. The topological polar surface area (TPSA) is 84.2 Å². The molecular formula is C27H26N6O. The molecular weight excluding hydrogens is 424 g/mol. The minimum atomic E-state index is -0.0244. The van der Waals surface area contributed by atoms with Crippen molar-refractivity contribution in [3.05, 3.63) is 78.0 Å². The maximum absolute atomic E-state index is 12.3. The summed E-state index contributed by atoms with van der Waals surface area (Å²) < 4.78 is 2.00. The zero-order valence-electron chi connectivity index (χ0n) is 19.2. The number of anilines is 1. The molecule has 7 nitrogen and oxygen atoms in total. The molecule has 34 heavy (non-hydrogen) atoms. The first-order chi connectivity index (χ1) is 16.6. The number of nitrogens with zero attached hydrogens (tertiary/aromatic N) is 4. The molecule has 1 aliphatic rings. The van der Waals surface area contributed by atoms with Gasteiger partial charge in [-0.3, -0.25) is 9.20 Å². The Balaban J connectivity index is 1.51. The number of carbonyl (C=O) groups is 1. The molecule has 1 amide bonds. The van der Waals surface area contributed by atoms with Gasteiger partial charge < -0.3 is 10.6 Å². The highest BCUT2D eigenvalue weighted by Gasteiger charge is 2.23.